The maximum absolute atomic E-state index is 11.0. The van der Waals surface area contributed by atoms with Gasteiger partial charge in [-0.2, -0.15) is 0 Å². The number of carbonyl (C=O) groups is 1. The van der Waals surface area contributed by atoms with Gasteiger partial charge in [0.2, 0.25) is 5.91 Å². The average Bonchev–Trinajstić information content (AvgIpc) is 2.56. The highest BCUT2D eigenvalue weighted by molar-refractivity contribution is 5.86. The Morgan fingerprint density at radius 3 is 2.83 bits per heavy atom. The predicted molar refractivity (Wildman–Crippen MR) is 93.9 cm³/mol. The number of hydrogen-bond donors (Lipinski definition) is 2. The molecule has 0 atom stereocenters. The number of aromatic hydroxyl groups is 1. The molecule has 23 heavy (non-hydrogen) atoms. The molecule has 0 saturated carbocycles. The normalized spacial score (nSPS) is 10.3. The van der Waals surface area contributed by atoms with Gasteiger partial charge in [0.15, 0.2) is 0 Å². The Morgan fingerprint density at radius 2 is 2.09 bits per heavy atom. The van der Waals surface area contributed by atoms with Crippen LogP contribution in [-0.2, 0) is 11.2 Å². The third-order valence-electron chi connectivity index (χ3n) is 3.66. The van der Waals surface area contributed by atoms with E-state index in [0.717, 1.165) is 37.0 Å². The van der Waals surface area contributed by atoms with E-state index in [9.17, 15) is 9.90 Å². The summed E-state index contributed by atoms with van der Waals surface area (Å²) in [4.78, 5) is 11.0. The van der Waals surface area contributed by atoms with Gasteiger partial charge < -0.3 is 15.2 Å². The Morgan fingerprint density at radius 1 is 1.26 bits per heavy atom. The summed E-state index contributed by atoms with van der Waals surface area (Å²) < 4.78 is 5.82. The number of phenols is 1. The molecule has 4 nitrogen and oxygen atoms in total. The number of hydrogen-bond acceptors (Lipinski definition) is 3. The van der Waals surface area contributed by atoms with Crippen molar-refractivity contribution in [1.82, 2.24) is 5.32 Å². The number of rotatable bonds is 12. The second-order valence-corrected chi connectivity index (χ2v) is 5.65. The van der Waals surface area contributed by atoms with Gasteiger partial charge in [-0.05, 0) is 43.4 Å². The lowest BCUT2D eigenvalue weighted by Gasteiger charge is -2.12. The number of aryl methyl sites for hydroxylation is 1. The smallest absolute Gasteiger partial charge is 0.243 e. The molecule has 0 unspecified atom stereocenters. The first kappa shape index (κ1) is 19.1. The SMILES string of the molecule is C=CC(=O)NCCCCOc1cc(O)ccc1CCCCCC. The van der Waals surface area contributed by atoms with Crippen LogP contribution < -0.4 is 10.1 Å². The van der Waals surface area contributed by atoms with Crippen LogP contribution in [-0.4, -0.2) is 24.2 Å². The van der Waals surface area contributed by atoms with E-state index < -0.39 is 0 Å². The van der Waals surface area contributed by atoms with Crippen molar-refractivity contribution in [2.45, 2.75) is 51.9 Å². The first-order chi connectivity index (χ1) is 11.2. The van der Waals surface area contributed by atoms with Gasteiger partial charge in [-0.15, -0.1) is 0 Å². The molecule has 0 fully saturated rings. The molecule has 0 aliphatic heterocycles. The molecule has 0 bridgehead atoms. The molecule has 0 aliphatic carbocycles. The largest absolute Gasteiger partial charge is 0.508 e. The van der Waals surface area contributed by atoms with Crippen LogP contribution >= 0.6 is 0 Å². The molecule has 1 aromatic rings. The third kappa shape index (κ3) is 8.29. The fraction of sp³-hybridized carbons (Fsp3) is 0.526. The van der Waals surface area contributed by atoms with Gasteiger partial charge in [0.25, 0.3) is 0 Å². The minimum absolute atomic E-state index is 0.145. The van der Waals surface area contributed by atoms with Crippen molar-refractivity contribution >= 4 is 5.91 Å². The van der Waals surface area contributed by atoms with Gasteiger partial charge in [-0.25, -0.2) is 0 Å². The van der Waals surface area contributed by atoms with Crippen molar-refractivity contribution in [3.63, 3.8) is 0 Å². The molecular weight excluding hydrogens is 290 g/mol. The lowest BCUT2D eigenvalue weighted by Crippen LogP contribution is -2.22. The predicted octanol–water partition coefficient (Wildman–Crippen LogP) is 3.98. The second kappa shape index (κ2) is 11.6. The van der Waals surface area contributed by atoms with Crippen molar-refractivity contribution in [3.8, 4) is 11.5 Å². The van der Waals surface area contributed by atoms with Crippen LogP contribution in [0, 0.1) is 0 Å². The van der Waals surface area contributed by atoms with Crippen molar-refractivity contribution in [2.75, 3.05) is 13.2 Å². The van der Waals surface area contributed by atoms with Crippen molar-refractivity contribution < 1.29 is 14.6 Å². The van der Waals surface area contributed by atoms with E-state index in [0.29, 0.717) is 13.2 Å². The standard InChI is InChI=1S/C19H29NO3/c1-3-5-6-7-10-16-11-12-17(21)15-18(16)23-14-9-8-13-20-19(22)4-2/h4,11-12,15,21H,2-3,5-10,13-14H2,1H3,(H,20,22). The first-order valence-electron chi connectivity index (χ1n) is 8.52. The zero-order valence-electron chi connectivity index (χ0n) is 14.1. The highest BCUT2D eigenvalue weighted by Gasteiger charge is 2.05. The van der Waals surface area contributed by atoms with E-state index in [4.69, 9.17) is 4.74 Å². The highest BCUT2D eigenvalue weighted by Crippen LogP contribution is 2.26. The molecule has 1 aromatic carbocycles. The molecule has 2 N–H and O–H groups in total. The van der Waals surface area contributed by atoms with Gasteiger partial charge in [0.1, 0.15) is 11.5 Å². The minimum atomic E-state index is -0.145. The summed E-state index contributed by atoms with van der Waals surface area (Å²) in [6, 6.07) is 5.35. The van der Waals surface area contributed by atoms with Crippen LogP contribution in [0.2, 0.25) is 0 Å². The summed E-state index contributed by atoms with van der Waals surface area (Å²) >= 11 is 0. The van der Waals surface area contributed by atoms with Gasteiger partial charge in [0, 0.05) is 12.6 Å². The Hall–Kier alpha value is -1.97. The van der Waals surface area contributed by atoms with E-state index in [1.165, 1.54) is 25.3 Å². The van der Waals surface area contributed by atoms with Crippen LogP contribution in [0.15, 0.2) is 30.9 Å². The summed E-state index contributed by atoms with van der Waals surface area (Å²) in [5, 5.41) is 12.4. The van der Waals surface area contributed by atoms with Crippen molar-refractivity contribution in [3.05, 3.63) is 36.4 Å². The van der Waals surface area contributed by atoms with Crippen LogP contribution in [0.4, 0.5) is 0 Å². The van der Waals surface area contributed by atoms with Crippen molar-refractivity contribution in [2.24, 2.45) is 0 Å². The number of unbranched alkanes of at least 4 members (excludes halogenated alkanes) is 4. The zero-order valence-corrected chi connectivity index (χ0v) is 14.1. The number of phenolic OH excluding ortho intramolecular Hbond substituents is 1. The summed E-state index contributed by atoms with van der Waals surface area (Å²) in [6.45, 7) is 6.81. The number of amides is 1. The van der Waals surface area contributed by atoms with Crippen molar-refractivity contribution in [1.29, 1.82) is 0 Å². The number of carbonyl (C=O) groups excluding carboxylic acids is 1. The second-order valence-electron chi connectivity index (χ2n) is 5.65. The van der Waals surface area contributed by atoms with Gasteiger partial charge in [0.05, 0.1) is 6.61 Å². The number of benzene rings is 1. The summed E-state index contributed by atoms with van der Waals surface area (Å²) in [7, 11) is 0. The molecular formula is C19H29NO3. The molecule has 0 heterocycles. The molecule has 1 rings (SSSR count). The van der Waals surface area contributed by atoms with Crippen LogP contribution in [0.5, 0.6) is 11.5 Å². The third-order valence-corrected chi connectivity index (χ3v) is 3.66. The molecule has 128 valence electrons. The zero-order chi connectivity index (χ0) is 16.9. The highest BCUT2D eigenvalue weighted by atomic mass is 16.5. The summed E-state index contributed by atoms with van der Waals surface area (Å²) in [6.07, 6.45) is 8.79. The van der Waals surface area contributed by atoms with Gasteiger partial charge in [-0.1, -0.05) is 38.8 Å². The fourth-order valence-corrected chi connectivity index (χ4v) is 2.32. The number of nitrogens with one attached hydrogen (secondary N) is 1. The maximum Gasteiger partial charge on any atom is 0.243 e. The van der Waals surface area contributed by atoms with Crippen LogP contribution in [0.1, 0.15) is 51.0 Å². The van der Waals surface area contributed by atoms with E-state index >= 15 is 0 Å². The Labute approximate surface area is 139 Å². The molecule has 4 heteroatoms. The molecule has 0 aromatic heterocycles. The molecule has 0 aliphatic rings. The van der Waals surface area contributed by atoms with E-state index in [1.54, 1.807) is 12.1 Å². The topological polar surface area (TPSA) is 58.6 Å². The van der Waals surface area contributed by atoms with Gasteiger partial charge >= 0.3 is 0 Å². The Balaban J connectivity index is 2.34. The molecule has 0 spiro atoms. The molecule has 0 saturated heterocycles. The lowest BCUT2D eigenvalue weighted by molar-refractivity contribution is -0.116. The van der Waals surface area contributed by atoms with Crippen LogP contribution in [0.25, 0.3) is 0 Å². The van der Waals surface area contributed by atoms with E-state index in [-0.39, 0.29) is 11.7 Å². The maximum atomic E-state index is 11.0. The van der Waals surface area contributed by atoms with E-state index in [1.807, 2.05) is 6.07 Å². The molecule has 1 amide bonds. The number of ether oxygens (including phenoxy) is 1. The summed E-state index contributed by atoms with van der Waals surface area (Å²) in [5.74, 6) is 0.862. The monoisotopic (exact) mass is 319 g/mol. The lowest BCUT2D eigenvalue weighted by atomic mass is 10.1. The quantitative estimate of drug-likeness (QED) is 0.452. The molecule has 0 radical (unpaired) electrons. The van der Waals surface area contributed by atoms with E-state index in [2.05, 4.69) is 18.8 Å². The fourth-order valence-electron chi connectivity index (χ4n) is 2.32. The summed E-state index contributed by atoms with van der Waals surface area (Å²) in [5.41, 5.74) is 1.15. The Bertz CT molecular complexity index is 486. The minimum Gasteiger partial charge on any atom is -0.508 e. The Kier molecular flexibility index (Phi) is 9.60. The van der Waals surface area contributed by atoms with Gasteiger partial charge in [-0.3, -0.25) is 4.79 Å². The average molecular weight is 319 g/mol. The van der Waals surface area contributed by atoms with Crippen LogP contribution in [0.3, 0.4) is 0 Å². The first-order valence-corrected chi connectivity index (χ1v) is 8.52.